The summed E-state index contributed by atoms with van der Waals surface area (Å²) >= 11 is 6.51. The van der Waals surface area contributed by atoms with Gasteiger partial charge in [0.2, 0.25) is 9.47 Å². The molecule has 1 amide bonds. The fourth-order valence-corrected chi connectivity index (χ4v) is 4.61. The summed E-state index contributed by atoms with van der Waals surface area (Å²) in [7, 11) is -2.51. The van der Waals surface area contributed by atoms with Crippen molar-refractivity contribution in [3.05, 3.63) is 70.5 Å². The maximum absolute atomic E-state index is 13.7. The van der Waals surface area contributed by atoms with Crippen LogP contribution < -0.4 is 5.32 Å². The van der Waals surface area contributed by atoms with Crippen LogP contribution in [-0.2, 0) is 16.6 Å². The van der Waals surface area contributed by atoms with Gasteiger partial charge in [-0.25, -0.2) is 12.8 Å². The largest absolute Gasteiger partial charge is 0.296 e. The van der Waals surface area contributed by atoms with Crippen molar-refractivity contribution in [2.75, 3.05) is 12.4 Å². The number of hydrogen-bond donors (Lipinski definition) is 1. The molecule has 7 nitrogen and oxygen atoms in total. The first-order valence-electron chi connectivity index (χ1n) is 7.87. The van der Waals surface area contributed by atoms with Crippen LogP contribution in [0.4, 0.5) is 9.52 Å². The molecule has 0 saturated carbocycles. The third-order valence-electron chi connectivity index (χ3n) is 3.69. The lowest BCUT2D eigenvalue weighted by molar-refractivity contribution is 0.102. The third-order valence-corrected chi connectivity index (χ3v) is 6.93. The van der Waals surface area contributed by atoms with Crippen molar-refractivity contribution < 1.29 is 17.6 Å². The molecule has 3 rings (SSSR count). The fourth-order valence-electron chi connectivity index (χ4n) is 2.24. The Bertz CT molecular complexity index is 1100. The van der Waals surface area contributed by atoms with Gasteiger partial charge in [0.05, 0.1) is 5.56 Å². The first-order valence-corrected chi connectivity index (χ1v) is 10.5. The van der Waals surface area contributed by atoms with E-state index in [2.05, 4.69) is 15.5 Å². The molecule has 0 spiro atoms. The number of nitrogens with zero attached hydrogens (tertiary/aromatic N) is 3. The van der Waals surface area contributed by atoms with E-state index < -0.39 is 21.7 Å². The fraction of sp³-hybridized carbons (Fsp3) is 0.118. The lowest BCUT2D eigenvalue weighted by Gasteiger charge is -2.14. The maximum atomic E-state index is 13.7. The second kappa shape index (κ2) is 8.31. The van der Waals surface area contributed by atoms with Gasteiger partial charge in [-0.3, -0.25) is 10.1 Å². The molecule has 0 saturated heterocycles. The zero-order valence-electron chi connectivity index (χ0n) is 14.5. The molecule has 0 radical (unpaired) electrons. The van der Waals surface area contributed by atoms with E-state index in [4.69, 9.17) is 11.6 Å². The van der Waals surface area contributed by atoms with Crippen molar-refractivity contribution in [3.63, 3.8) is 0 Å². The monoisotopic (exact) mass is 440 g/mol. The second-order valence-corrected chi connectivity index (χ2v) is 9.33. The normalized spacial score (nSPS) is 11.6. The van der Waals surface area contributed by atoms with E-state index in [1.807, 2.05) is 0 Å². The summed E-state index contributed by atoms with van der Waals surface area (Å²) in [6.07, 6.45) is 0. The maximum Gasteiger partial charge on any atom is 0.272 e. The van der Waals surface area contributed by atoms with E-state index in [0.717, 1.165) is 15.9 Å². The standard InChI is InChI=1S/C17H14ClFN4O3S2/c1-23(10-11-6-8-12(18)9-7-11)28(25,26)17-22-21-16(27-17)20-15(24)13-4-2-3-5-14(13)19/h2-9H,10H2,1H3,(H,20,21,24). The van der Waals surface area contributed by atoms with E-state index in [0.29, 0.717) is 16.4 Å². The number of hydrogen-bond acceptors (Lipinski definition) is 6. The molecule has 1 N–H and O–H groups in total. The zero-order chi connectivity index (χ0) is 20.3. The Kier molecular flexibility index (Phi) is 6.04. The average Bonchev–Trinajstić information content (AvgIpc) is 3.13. The Morgan fingerprint density at radius 2 is 1.86 bits per heavy atom. The van der Waals surface area contributed by atoms with Crippen molar-refractivity contribution in [1.82, 2.24) is 14.5 Å². The first-order chi connectivity index (χ1) is 13.3. The Hall–Kier alpha value is -2.40. The van der Waals surface area contributed by atoms with E-state index in [9.17, 15) is 17.6 Å². The van der Waals surface area contributed by atoms with E-state index in [1.54, 1.807) is 24.3 Å². The predicted molar refractivity (Wildman–Crippen MR) is 104 cm³/mol. The highest BCUT2D eigenvalue weighted by molar-refractivity contribution is 7.91. The summed E-state index contributed by atoms with van der Waals surface area (Å²) in [6.45, 7) is 0.107. The van der Waals surface area contributed by atoms with E-state index in [1.165, 1.54) is 25.2 Å². The minimum Gasteiger partial charge on any atom is -0.296 e. The highest BCUT2D eigenvalue weighted by Crippen LogP contribution is 2.24. The van der Waals surface area contributed by atoms with Gasteiger partial charge in [0.1, 0.15) is 5.82 Å². The molecule has 1 heterocycles. The summed E-state index contributed by atoms with van der Waals surface area (Å²) in [5.41, 5.74) is 0.565. The Labute approximate surface area is 169 Å². The predicted octanol–water partition coefficient (Wildman–Crippen LogP) is 3.40. The molecule has 0 aliphatic rings. The molecule has 0 aliphatic carbocycles. The van der Waals surface area contributed by atoms with Crippen LogP contribution in [0.3, 0.4) is 0 Å². The van der Waals surface area contributed by atoms with Crippen LogP contribution in [0.2, 0.25) is 5.02 Å². The number of nitrogens with one attached hydrogen (secondary N) is 1. The minimum atomic E-state index is -3.92. The number of carbonyl (C=O) groups excluding carboxylic acids is 1. The quantitative estimate of drug-likeness (QED) is 0.593. The number of sulfonamides is 1. The molecule has 28 heavy (non-hydrogen) atoms. The molecular weight excluding hydrogens is 427 g/mol. The lowest BCUT2D eigenvalue weighted by Crippen LogP contribution is -2.26. The highest BCUT2D eigenvalue weighted by atomic mass is 35.5. The highest BCUT2D eigenvalue weighted by Gasteiger charge is 2.26. The molecule has 0 aliphatic heterocycles. The van der Waals surface area contributed by atoms with Gasteiger partial charge < -0.3 is 0 Å². The summed E-state index contributed by atoms with van der Waals surface area (Å²) in [4.78, 5) is 12.1. The Morgan fingerprint density at radius 1 is 1.18 bits per heavy atom. The summed E-state index contributed by atoms with van der Waals surface area (Å²) in [5, 5.41) is 10.2. The van der Waals surface area contributed by atoms with Crippen LogP contribution in [0.25, 0.3) is 0 Å². The topological polar surface area (TPSA) is 92.3 Å². The first kappa shape index (κ1) is 20.3. The van der Waals surface area contributed by atoms with Gasteiger partial charge in [0, 0.05) is 18.6 Å². The van der Waals surface area contributed by atoms with E-state index >= 15 is 0 Å². The van der Waals surface area contributed by atoms with Gasteiger partial charge >= 0.3 is 0 Å². The molecule has 0 atom stereocenters. The number of benzene rings is 2. The van der Waals surface area contributed by atoms with Crippen LogP contribution in [0.5, 0.6) is 0 Å². The molecule has 0 fully saturated rings. The van der Waals surface area contributed by atoms with E-state index in [-0.39, 0.29) is 21.6 Å². The summed E-state index contributed by atoms with van der Waals surface area (Å²) in [5.74, 6) is -1.44. The molecular formula is C17H14ClFN4O3S2. The number of halogens is 2. The van der Waals surface area contributed by atoms with Crippen LogP contribution in [0, 0.1) is 5.82 Å². The summed E-state index contributed by atoms with van der Waals surface area (Å²) < 4.78 is 39.8. The number of amides is 1. The van der Waals surface area contributed by atoms with Crippen LogP contribution >= 0.6 is 22.9 Å². The van der Waals surface area contributed by atoms with Crippen LogP contribution in [0.15, 0.2) is 52.9 Å². The van der Waals surface area contributed by atoms with Gasteiger partial charge in [-0.2, -0.15) is 4.31 Å². The zero-order valence-corrected chi connectivity index (χ0v) is 16.9. The van der Waals surface area contributed by atoms with Gasteiger partial charge in [-0.1, -0.05) is 47.2 Å². The van der Waals surface area contributed by atoms with Gasteiger partial charge in [0.15, 0.2) is 0 Å². The Morgan fingerprint density at radius 3 is 2.54 bits per heavy atom. The average molecular weight is 441 g/mol. The Balaban J connectivity index is 1.73. The van der Waals surface area contributed by atoms with Gasteiger partial charge in [0.25, 0.3) is 15.9 Å². The SMILES string of the molecule is CN(Cc1ccc(Cl)cc1)S(=O)(=O)c1nnc(NC(=O)c2ccccc2F)s1. The van der Waals surface area contributed by atoms with Crippen molar-refractivity contribution in [2.45, 2.75) is 10.9 Å². The number of aromatic nitrogens is 2. The van der Waals surface area contributed by atoms with Crippen molar-refractivity contribution in [2.24, 2.45) is 0 Å². The summed E-state index contributed by atoms with van der Waals surface area (Å²) in [6, 6.07) is 12.2. The molecule has 1 aromatic heterocycles. The van der Waals surface area contributed by atoms with Crippen LogP contribution in [-0.4, -0.2) is 35.9 Å². The minimum absolute atomic E-state index is 0.0493. The van der Waals surface area contributed by atoms with Crippen molar-refractivity contribution in [3.8, 4) is 0 Å². The van der Waals surface area contributed by atoms with Crippen molar-refractivity contribution in [1.29, 1.82) is 0 Å². The van der Waals surface area contributed by atoms with Gasteiger partial charge in [-0.15, -0.1) is 10.2 Å². The molecule has 3 aromatic rings. The number of anilines is 1. The lowest BCUT2D eigenvalue weighted by atomic mass is 10.2. The van der Waals surface area contributed by atoms with Crippen molar-refractivity contribution >= 4 is 44.0 Å². The molecule has 11 heteroatoms. The molecule has 146 valence electrons. The molecule has 2 aromatic carbocycles. The number of carbonyl (C=O) groups is 1. The molecule has 0 unspecified atom stereocenters. The molecule has 0 bridgehead atoms. The van der Waals surface area contributed by atoms with Gasteiger partial charge in [-0.05, 0) is 29.8 Å². The second-order valence-electron chi connectivity index (χ2n) is 5.69. The van der Waals surface area contributed by atoms with Crippen LogP contribution in [0.1, 0.15) is 15.9 Å². The number of rotatable bonds is 6. The smallest absolute Gasteiger partial charge is 0.272 e. The third kappa shape index (κ3) is 4.53.